The lowest BCUT2D eigenvalue weighted by Crippen LogP contribution is -2.15. The van der Waals surface area contributed by atoms with Crippen LogP contribution >= 0.6 is 0 Å². The third-order valence-electron chi connectivity index (χ3n) is 3.54. The number of nitrogens with two attached hydrogens (primary N) is 1. The van der Waals surface area contributed by atoms with Crippen LogP contribution in [0.5, 0.6) is 0 Å². The zero-order valence-corrected chi connectivity index (χ0v) is 11.6. The van der Waals surface area contributed by atoms with Gasteiger partial charge in [-0.3, -0.25) is 0 Å². The van der Waals surface area contributed by atoms with Crippen molar-refractivity contribution in [2.45, 2.75) is 33.7 Å². The van der Waals surface area contributed by atoms with Gasteiger partial charge in [0.2, 0.25) is 0 Å². The molecule has 94 valence electrons. The predicted molar refractivity (Wildman–Crippen MR) is 77.9 cm³/mol. The lowest BCUT2D eigenvalue weighted by Gasteiger charge is -2.18. The first-order valence-electron chi connectivity index (χ1n) is 6.39. The predicted octanol–water partition coefficient (Wildman–Crippen LogP) is 3.97. The maximum Gasteiger partial charge on any atom is 0.0557 e. The third kappa shape index (κ3) is 2.46. The molecule has 0 aliphatic heterocycles. The molecule has 2 rings (SSSR count). The molecule has 18 heavy (non-hydrogen) atoms. The normalized spacial score (nSPS) is 11.0. The fraction of sp³-hybridized carbons (Fsp3) is 0.294. The summed E-state index contributed by atoms with van der Waals surface area (Å²) in [5.74, 6) is 0. The minimum Gasteiger partial charge on any atom is -0.320 e. The Morgan fingerprint density at radius 1 is 0.722 bits per heavy atom. The highest BCUT2D eigenvalue weighted by molar-refractivity contribution is 5.42. The molecule has 0 saturated carbocycles. The SMILES string of the molecule is Cc1ccc(C)c(C(N)c2cc(C)ccc2C)c1. The summed E-state index contributed by atoms with van der Waals surface area (Å²) in [6.45, 7) is 8.47. The fourth-order valence-corrected chi connectivity index (χ4v) is 2.36. The molecule has 0 fully saturated rings. The average Bonchev–Trinajstić information content (AvgIpc) is 2.34. The second kappa shape index (κ2) is 4.95. The topological polar surface area (TPSA) is 26.0 Å². The smallest absolute Gasteiger partial charge is 0.0557 e. The molecule has 2 aromatic carbocycles. The van der Waals surface area contributed by atoms with Gasteiger partial charge in [0.1, 0.15) is 0 Å². The summed E-state index contributed by atoms with van der Waals surface area (Å²) >= 11 is 0. The molecule has 0 amide bonds. The van der Waals surface area contributed by atoms with Crippen molar-refractivity contribution in [3.63, 3.8) is 0 Å². The zero-order chi connectivity index (χ0) is 13.3. The van der Waals surface area contributed by atoms with Crippen LogP contribution in [-0.4, -0.2) is 0 Å². The summed E-state index contributed by atoms with van der Waals surface area (Å²) in [5.41, 5.74) is 13.9. The second-order valence-corrected chi connectivity index (χ2v) is 5.20. The molecule has 2 N–H and O–H groups in total. The largest absolute Gasteiger partial charge is 0.320 e. The van der Waals surface area contributed by atoms with Crippen LogP contribution in [0, 0.1) is 27.7 Å². The Morgan fingerprint density at radius 3 is 1.50 bits per heavy atom. The molecule has 0 bridgehead atoms. The summed E-state index contributed by atoms with van der Waals surface area (Å²) in [5, 5.41) is 0. The number of rotatable bonds is 2. The Balaban J connectivity index is 2.50. The van der Waals surface area contributed by atoms with Crippen LogP contribution in [-0.2, 0) is 0 Å². The van der Waals surface area contributed by atoms with E-state index in [2.05, 4.69) is 64.1 Å². The van der Waals surface area contributed by atoms with Crippen molar-refractivity contribution in [1.29, 1.82) is 0 Å². The van der Waals surface area contributed by atoms with Crippen LogP contribution in [0.2, 0.25) is 0 Å². The lowest BCUT2D eigenvalue weighted by atomic mass is 9.91. The van der Waals surface area contributed by atoms with E-state index in [1.165, 1.54) is 33.4 Å². The monoisotopic (exact) mass is 239 g/mol. The van der Waals surface area contributed by atoms with Crippen molar-refractivity contribution in [2.75, 3.05) is 0 Å². The highest BCUT2D eigenvalue weighted by atomic mass is 14.6. The Labute approximate surface area is 110 Å². The molecule has 0 aromatic heterocycles. The standard InChI is InChI=1S/C17H21N/c1-11-5-7-13(3)15(9-11)17(18)16-10-12(2)6-8-14(16)4/h5-10,17H,18H2,1-4H3. The van der Waals surface area contributed by atoms with E-state index in [4.69, 9.17) is 5.73 Å². The molecular formula is C17H21N. The summed E-state index contributed by atoms with van der Waals surface area (Å²) < 4.78 is 0. The van der Waals surface area contributed by atoms with Gasteiger partial charge in [0, 0.05) is 0 Å². The first-order valence-corrected chi connectivity index (χ1v) is 6.39. The molecule has 0 radical (unpaired) electrons. The Hall–Kier alpha value is -1.60. The van der Waals surface area contributed by atoms with E-state index in [0.29, 0.717) is 0 Å². The van der Waals surface area contributed by atoms with Crippen LogP contribution in [0.3, 0.4) is 0 Å². The van der Waals surface area contributed by atoms with Gasteiger partial charge >= 0.3 is 0 Å². The maximum absolute atomic E-state index is 6.46. The van der Waals surface area contributed by atoms with Gasteiger partial charge in [0.05, 0.1) is 6.04 Å². The van der Waals surface area contributed by atoms with Crippen molar-refractivity contribution < 1.29 is 0 Å². The minimum atomic E-state index is -0.0372. The van der Waals surface area contributed by atoms with E-state index in [-0.39, 0.29) is 6.04 Å². The van der Waals surface area contributed by atoms with Crippen molar-refractivity contribution in [3.8, 4) is 0 Å². The molecular weight excluding hydrogens is 218 g/mol. The summed E-state index contributed by atoms with van der Waals surface area (Å²) in [6.07, 6.45) is 0. The van der Waals surface area contributed by atoms with Crippen molar-refractivity contribution in [1.82, 2.24) is 0 Å². The van der Waals surface area contributed by atoms with Gasteiger partial charge in [-0.2, -0.15) is 0 Å². The Morgan fingerprint density at radius 2 is 1.11 bits per heavy atom. The van der Waals surface area contributed by atoms with E-state index in [0.717, 1.165) is 0 Å². The highest BCUT2D eigenvalue weighted by Crippen LogP contribution is 2.26. The molecule has 0 spiro atoms. The molecule has 1 heteroatoms. The van der Waals surface area contributed by atoms with Gasteiger partial charge in [0.15, 0.2) is 0 Å². The number of hydrogen-bond acceptors (Lipinski definition) is 1. The maximum atomic E-state index is 6.46. The van der Waals surface area contributed by atoms with E-state index in [9.17, 15) is 0 Å². The second-order valence-electron chi connectivity index (χ2n) is 5.20. The molecule has 0 heterocycles. The Bertz CT molecular complexity index is 518. The summed E-state index contributed by atoms with van der Waals surface area (Å²) in [6, 6.07) is 12.9. The molecule has 0 aliphatic carbocycles. The van der Waals surface area contributed by atoms with E-state index in [1.54, 1.807) is 0 Å². The highest BCUT2D eigenvalue weighted by Gasteiger charge is 2.13. The molecule has 1 nitrogen and oxygen atoms in total. The first-order chi connectivity index (χ1) is 8.49. The van der Waals surface area contributed by atoms with Crippen molar-refractivity contribution >= 4 is 0 Å². The van der Waals surface area contributed by atoms with Crippen LogP contribution in [0.25, 0.3) is 0 Å². The first kappa shape index (κ1) is 12.8. The van der Waals surface area contributed by atoms with Crippen molar-refractivity contribution in [2.24, 2.45) is 5.73 Å². The lowest BCUT2D eigenvalue weighted by molar-refractivity contribution is 0.849. The van der Waals surface area contributed by atoms with Gasteiger partial charge in [0.25, 0.3) is 0 Å². The van der Waals surface area contributed by atoms with Gasteiger partial charge in [-0.15, -0.1) is 0 Å². The molecule has 0 saturated heterocycles. The van der Waals surface area contributed by atoms with Gasteiger partial charge in [-0.05, 0) is 49.9 Å². The number of hydrogen-bond donors (Lipinski definition) is 1. The molecule has 0 aliphatic rings. The summed E-state index contributed by atoms with van der Waals surface area (Å²) in [4.78, 5) is 0. The Kier molecular flexibility index (Phi) is 3.53. The number of benzene rings is 2. The quantitative estimate of drug-likeness (QED) is 0.843. The molecule has 0 unspecified atom stereocenters. The average molecular weight is 239 g/mol. The van der Waals surface area contributed by atoms with Gasteiger partial charge < -0.3 is 5.73 Å². The van der Waals surface area contributed by atoms with Gasteiger partial charge in [-0.25, -0.2) is 0 Å². The van der Waals surface area contributed by atoms with Crippen LogP contribution in [0.4, 0.5) is 0 Å². The molecule has 2 aromatic rings. The summed E-state index contributed by atoms with van der Waals surface area (Å²) in [7, 11) is 0. The number of aryl methyl sites for hydroxylation is 4. The molecule has 0 atom stereocenters. The van der Waals surface area contributed by atoms with E-state index < -0.39 is 0 Å². The van der Waals surface area contributed by atoms with E-state index >= 15 is 0 Å². The van der Waals surface area contributed by atoms with Crippen molar-refractivity contribution in [3.05, 3.63) is 69.8 Å². The fourth-order valence-electron chi connectivity index (χ4n) is 2.36. The van der Waals surface area contributed by atoms with Crippen LogP contribution < -0.4 is 5.73 Å². The third-order valence-corrected chi connectivity index (χ3v) is 3.54. The minimum absolute atomic E-state index is 0.0372. The van der Waals surface area contributed by atoms with E-state index in [1.807, 2.05) is 0 Å². The van der Waals surface area contributed by atoms with Gasteiger partial charge in [-0.1, -0.05) is 47.5 Å². The van der Waals surface area contributed by atoms with Crippen LogP contribution in [0.1, 0.15) is 39.4 Å². The zero-order valence-electron chi connectivity index (χ0n) is 11.6. The van der Waals surface area contributed by atoms with Crippen LogP contribution in [0.15, 0.2) is 36.4 Å².